The summed E-state index contributed by atoms with van der Waals surface area (Å²) in [6.07, 6.45) is 4.78. The van der Waals surface area contributed by atoms with Crippen molar-refractivity contribution in [2.75, 3.05) is 24.6 Å². The Hall–Kier alpha value is -2.02. The van der Waals surface area contributed by atoms with Crippen molar-refractivity contribution in [3.63, 3.8) is 0 Å². The van der Waals surface area contributed by atoms with Gasteiger partial charge in [0.2, 0.25) is 5.89 Å². The molecule has 7 nitrogen and oxygen atoms in total. The maximum atomic E-state index is 5.77. The van der Waals surface area contributed by atoms with Gasteiger partial charge in [-0.05, 0) is 6.07 Å². The summed E-state index contributed by atoms with van der Waals surface area (Å²) in [5, 5.41) is 3.97. The first-order valence-corrected chi connectivity index (χ1v) is 6.79. The second kappa shape index (κ2) is 5.96. The van der Waals surface area contributed by atoms with Gasteiger partial charge in [-0.15, -0.1) is 0 Å². The fourth-order valence-electron chi connectivity index (χ4n) is 2.24. The lowest BCUT2D eigenvalue weighted by atomic mass is 10.2. The molecule has 20 heavy (non-hydrogen) atoms. The van der Waals surface area contributed by atoms with E-state index in [1.165, 1.54) is 0 Å². The Kier molecular flexibility index (Phi) is 3.87. The van der Waals surface area contributed by atoms with E-state index in [0.29, 0.717) is 24.7 Å². The van der Waals surface area contributed by atoms with Crippen LogP contribution in [0, 0.1) is 0 Å². The zero-order valence-electron chi connectivity index (χ0n) is 11.4. The van der Waals surface area contributed by atoms with Gasteiger partial charge in [0.05, 0.1) is 12.7 Å². The third-order valence-corrected chi connectivity index (χ3v) is 3.25. The van der Waals surface area contributed by atoms with Gasteiger partial charge in [0.1, 0.15) is 12.1 Å². The van der Waals surface area contributed by atoms with Gasteiger partial charge in [-0.2, -0.15) is 4.98 Å². The first-order valence-electron chi connectivity index (χ1n) is 6.79. The van der Waals surface area contributed by atoms with Crippen molar-refractivity contribution in [1.29, 1.82) is 0 Å². The Morgan fingerprint density at radius 1 is 1.45 bits per heavy atom. The summed E-state index contributed by atoms with van der Waals surface area (Å²) in [6, 6.07) is 1.91. The molecular weight excluding hydrogens is 258 g/mol. The number of rotatable bonds is 4. The molecule has 0 saturated carbocycles. The van der Waals surface area contributed by atoms with Crippen molar-refractivity contribution in [3.8, 4) is 0 Å². The molecule has 0 radical (unpaired) electrons. The average molecular weight is 275 g/mol. The fraction of sp³-hybridized carbons (Fsp3) is 0.538. The maximum absolute atomic E-state index is 5.77. The minimum Gasteiger partial charge on any atom is -0.374 e. The Bertz CT molecular complexity index is 545. The number of aryl methyl sites for hydroxylation is 1. The molecule has 7 heteroatoms. The van der Waals surface area contributed by atoms with Crippen LogP contribution in [0.4, 0.5) is 5.82 Å². The van der Waals surface area contributed by atoms with Crippen molar-refractivity contribution in [3.05, 3.63) is 30.3 Å². The number of aromatic nitrogens is 4. The molecule has 1 saturated heterocycles. The standard InChI is InChI=1S/C13H17N5O2/c1-2-13-16-11(17-20-13)7-10-8-18(5-6-19-10)12-3-4-14-9-15-12/h3-4,9-10H,2,5-8H2,1H3. The van der Waals surface area contributed by atoms with Crippen LogP contribution >= 0.6 is 0 Å². The number of ether oxygens (including phenoxy) is 1. The van der Waals surface area contributed by atoms with Gasteiger partial charge in [0.15, 0.2) is 5.82 Å². The van der Waals surface area contributed by atoms with Gasteiger partial charge >= 0.3 is 0 Å². The van der Waals surface area contributed by atoms with E-state index >= 15 is 0 Å². The molecule has 0 amide bonds. The van der Waals surface area contributed by atoms with Crippen LogP contribution in [-0.2, 0) is 17.6 Å². The summed E-state index contributed by atoms with van der Waals surface area (Å²) in [5.41, 5.74) is 0. The number of nitrogens with zero attached hydrogens (tertiary/aromatic N) is 5. The molecule has 0 N–H and O–H groups in total. The number of hydrogen-bond acceptors (Lipinski definition) is 7. The Labute approximate surface area is 117 Å². The molecular formula is C13H17N5O2. The second-order valence-electron chi connectivity index (χ2n) is 4.67. The number of anilines is 1. The van der Waals surface area contributed by atoms with Gasteiger partial charge in [-0.3, -0.25) is 0 Å². The van der Waals surface area contributed by atoms with E-state index in [1.807, 2.05) is 13.0 Å². The predicted molar refractivity (Wildman–Crippen MR) is 71.4 cm³/mol. The lowest BCUT2D eigenvalue weighted by molar-refractivity contribution is 0.0392. The quantitative estimate of drug-likeness (QED) is 0.819. The lowest BCUT2D eigenvalue weighted by Crippen LogP contribution is -2.44. The van der Waals surface area contributed by atoms with Crippen molar-refractivity contribution in [2.24, 2.45) is 0 Å². The van der Waals surface area contributed by atoms with E-state index < -0.39 is 0 Å². The summed E-state index contributed by atoms with van der Waals surface area (Å²) >= 11 is 0. The van der Waals surface area contributed by atoms with Crippen LogP contribution in [0.3, 0.4) is 0 Å². The number of hydrogen-bond donors (Lipinski definition) is 0. The summed E-state index contributed by atoms with van der Waals surface area (Å²) in [7, 11) is 0. The number of morpholine rings is 1. The predicted octanol–water partition coefficient (Wildman–Crippen LogP) is 0.870. The van der Waals surface area contributed by atoms with Crippen LogP contribution in [-0.4, -0.2) is 45.9 Å². The molecule has 3 rings (SSSR count). The normalized spacial score (nSPS) is 19.2. The van der Waals surface area contributed by atoms with E-state index in [-0.39, 0.29) is 6.10 Å². The highest BCUT2D eigenvalue weighted by atomic mass is 16.5. The third kappa shape index (κ3) is 2.93. The van der Waals surface area contributed by atoms with Crippen LogP contribution in [0.15, 0.2) is 23.1 Å². The molecule has 2 aromatic heterocycles. The molecule has 3 heterocycles. The van der Waals surface area contributed by atoms with Crippen LogP contribution < -0.4 is 4.90 Å². The Morgan fingerprint density at radius 2 is 2.40 bits per heavy atom. The van der Waals surface area contributed by atoms with Gasteiger partial charge in [-0.1, -0.05) is 12.1 Å². The molecule has 1 unspecified atom stereocenters. The average Bonchev–Trinajstić information content (AvgIpc) is 2.96. The molecule has 2 aromatic rings. The van der Waals surface area contributed by atoms with Crippen LogP contribution in [0.2, 0.25) is 0 Å². The van der Waals surface area contributed by atoms with Gasteiger partial charge in [0, 0.05) is 32.1 Å². The highest BCUT2D eigenvalue weighted by Crippen LogP contribution is 2.16. The smallest absolute Gasteiger partial charge is 0.226 e. The Balaban J connectivity index is 1.63. The van der Waals surface area contributed by atoms with Crippen LogP contribution in [0.1, 0.15) is 18.6 Å². The van der Waals surface area contributed by atoms with E-state index in [1.54, 1.807) is 12.5 Å². The highest BCUT2D eigenvalue weighted by molar-refractivity contribution is 5.37. The molecule has 0 aromatic carbocycles. The largest absolute Gasteiger partial charge is 0.374 e. The van der Waals surface area contributed by atoms with Gasteiger partial charge in [0.25, 0.3) is 0 Å². The molecule has 0 bridgehead atoms. The van der Waals surface area contributed by atoms with E-state index in [4.69, 9.17) is 9.26 Å². The van der Waals surface area contributed by atoms with E-state index in [0.717, 1.165) is 25.3 Å². The monoisotopic (exact) mass is 275 g/mol. The molecule has 1 aliphatic heterocycles. The summed E-state index contributed by atoms with van der Waals surface area (Å²) in [6.45, 7) is 4.27. The van der Waals surface area contributed by atoms with Crippen molar-refractivity contribution in [2.45, 2.75) is 25.9 Å². The van der Waals surface area contributed by atoms with Gasteiger partial charge < -0.3 is 14.2 Å². The molecule has 1 atom stereocenters. The topological polar surface area (TPSA) is 77.2 Å². The Morgan fingerprint density at radius 3 is 3.15 bits per heavy atom. The first-order chi connectivity index (χ1) is 9.85. The van der Waals surface area contributed by atoms with Crippen LogP contribution in [0.5, 0.6) is 0 Å². The highest BCUT2D eigenvalue weighted by Gasteiger charge is 2.23. The van der Waals surface area contributed by atoms with Crippen molar-refractivity contribution < 1.29 is 9.26 Å². The molecule has 106 valence electrons. The van der Waals surface area contributed by atoms with E-state index in [9.17, 15) is 0 Å². The molecule has 0 spiro atoms. The summed E-state index contributed by atoms with van der Waals surface area (Å²) in [5.74, 6) is 2.30. The fourth-order valence-corrected chi connectivity index (χ4v) is 2.24. The molecule has 1 fully saturated rings. The summed E-state index contributed by atoms with van der Waals surface area (Å²) < 4.78 is 10.9. The summed E-state index contributed by atoms with van der Waals surface area (Å²) in [4.78, 5) is 14.7. The van der Waals surface area contributed by atoms with Crippen molar-refractivity contribution >= 4 is 5.82 Å². The molecule has 0 aliphatic carbocycles. The lowest BCUT2D eigenvalue weighted by Gasteiger charge is -2.33. The first kappa shape index (κ1) is 13.0. The minimum absolute atomic E-state index is 0.0565. The zero-order chi connectivity index (χ0) is 13.8. The van der Waals surface area contributed by atoms with Crippen molar-refractivity contribution in [1.82, 2.24) is 20.1 Å². The minimum atomic E-state index is 0.0565. The van der Waals surface area contributed by atoms with Gasteiger partial charge in [-0.25, -0.2) is 9.97 Å². The van der Waals surface area contributed by atoms with E-state index in [2.05, 4.69) is 25.0 Å². The SMILES string of the molecule is CCc1nc(CC2CN(c3ccncn3)CCO2)no1. The van der Waals surface area contributed by atoms with Crippen LogP contribution in [0.25, 0.3) is 0 Å². The third-order valence-electron chi connectivity index (χ3n) is 3.25. The molecule has 1 aliphatic rings. The zero-order valence-corrected chi connectivity index (χ0v) is 11.4. The maximum Gasteiger partial charge on any atom is 0.226 e. The second-order valence-corrected chi connectivity index (χ2v) is 4.67.